The smallest absolute Gasteiger partial charge is 0.455 e. The molecular formula is C30H40N10O16P2. The molecule has 28 heteroatoms. The van der Waals surface area contributed by atoms with Crippen LogP contribution in [0.4, 0.5) is 11.6 Å². The van der Waals surface area contributed by atoms with E-state index in [4.69, 9.17) is 34.7 Å². The Morgan fingerprint density at radius 3 is 2.55 bits per heavy atom. The average molecular weight is 859 g/mol. The molecule has 3 aliphatic rings. The summed E-state index contributed by atoms with van der Waals surface area (Å²) in [6.45, 7) is 1.33. The molecule has 6 heterocycles. The summed E-state index contributed by atoms with van der Waals surface area (Å²) in [7, 11) is -10.3. The van der Waals surface area contributed by atoms with Crippen molar-refractivity contribution >= 4 is 56.2 Å². The van der Waals surface area contributed by atoms with E-state index >= 15 is 0 Å². The lowest BCUT2D eigenvalue weighted by atomic mass is 10.1. The van der Waals surface area contributed by atoms with Crippen molar-refractivity contribution in [1.29, 1.82) is 0 Å². The molecule has 9 N–H and O–H groups in total. The molecule has 9 atom stereocenters. The summed E-state index contributed by atoms with van der Waals surface area (Å²) in [5.74, 6) is -2.02. The minimum atomic E-state index is -5.20. The first-order chi connectivity index (χ1) is 27.4. The molecule has 0 saturated carbocycles. The topological polar surface area (TPSA) is 367 Å². The standard InChI is InChI=1S/C30H40N10O16P2/c1-2-3-4-20(41)36-15-5-7-38(28(15)44)10-22(42)55-25-18(54-29(24(25)43)40-14-35-23-26(32)33-13-34-27(23)40)12-52-58(49,50)56-16-9-21(39-8-6-19(31)37-30(39)45)53-17(16)11-51-57(46,47)48/h2,6,8,13-18,21,24-25,29,43H,1,3-5,7,9-12H2,(H,36,41)(H,49,50)(H2,31,37,45)(H2,32,33,34)(H2,46,47,48)/t15-,16+,17+,18+,21+,24-,25?,29+/m0/s1. The Morgan fingerprint density at radius 2 is 1.83 bits per heavy atom. The number of aliphatic hydroxyl groups is 1. The fraction of sp³-hybridized carbons (Fsp3) is 0.533. The van der Waals surface area contributed by atoms with Crippen molar-refractivity contribution in [1.82, 2.24) is 39.3 Å². The molecule has 3 saturated heterocycles. The summed E-state index contributed by atoms with van der Waals surface area (Å²) in [6, 6.07) is 0.402. The number of anilines is 2. The largest absolute Gasteiger partial charge is 0.472 e. The van der Waals surface area contributed by atoms with Crippen molar-refractivity contribution in [2.24, 2.45) is 0 Å². The van der Waals surface area contributed by atoms with E-state index < -0.39 is 102 Å². The van der Waals surface area contributed by atoms with E-state index in [9.17, 15) is 48.1 Å². The molecule has 0 bridgehead atoms. The van der Waals surface area contributed by atoms with Crippen LogP contribution in [0.25, 0.3) is 11.2 Å². The van der Waals surface area contributed by atoms with Gasteiger partial charge in [-0.15, -0.1) is 6.58 Å². The Morgan fingerprint density at radius 1 is 1.07 bits per heavy atom. The van der Waals surface area contributed by atoms with E-state index in [0.717, 1.165) is 15.8 Å². The summed E-state index contributed by atoms with van der Waals surface area (Å²) in [4.78, 5) is 97.1. The number of imidazole rings is 1. The number of fused-ring (bicyclic) bond motifs is 1. The minimum Gasteiger partial charge on any atom is -0.455 e. The zero-order valence-electron chi connectivity index (χ0n) is 30.2. The number of amides is 2. The third-order valence-electron chi connectivity index (χ3n) is 9.19. The highest BCUT2D eigenvalue weighted by Gasteiger charge is 2.50. The van der Waals surface area contributed by atoms with E-state index in [1.54, 1.807) is 6.08 Å². The van der Waals surface area contributed by atoms with Crippen molar-refractivity contribution in [3.05, 3.63) is 48.1 Å². The lowest BCUT2D eigenvalue weighted by molar-refractivity contribution is -0.159. The molecule has 3 fully saturated rings. The monoisotopic (exact) mass is 858 g/mol. The second kappa shape index (κ2) is 17.6. The number of rotatable bonds is 17. The first kappa shape index (κ1) is 42.9. The van der Waals surface area contributed by atoms with Gasteiger partial charge < -0.3 is 55.7 Å². The number of ether oxygens (including phenoxy) is 3. The SMILES string of the molecule is C=CCCC(=O)N[C@H]1CCN(CC(=O)OC2[C@@H](COP(=O)(O)O[C@@H]3C[C@H](n4ccc(N)nc4=O)O[C@@H]3COP(=O)(O)O)O[C@@H](n3cnc4c(N)ncnc43)[C@H]2O)C1=O. The lowest BCUT2D eigenvalue weighted by Gasteiger charge is -2.24. The zero-order chi connectivity index (χ0) is 41.9. The first-order valence-corrected chi connectivity index (χ1v) is 20.5. The molecule has 6 rings (SSSR count). The van der Waals surface area contributed by atoms with Crippen LogP contribution in [0.3, 0.4) is 0 Å². The van der Waals surface area contributed by atoms with Crippen LogP contribution in [0.2, 0.25) is 0 Å². The van der Waals surface area contributed by atoms with Gasteiger partial charge in [0.2, 0.25) is 11.8 Å². The Kier molecular flexibility index (Phi) is 13.0. The van der Waals surface area contributed by atoms with E-state index in [1.165, 1.54) is 23.2 Å². The highest BCUT2D eigenvalue weighted by atomic mass is 31.2. The van der Waals surface area contributed by atoms with Crippen molar-refractivity contribution in [2.45, 2.75) is 74.7 Å². The van der Waals surface area contributed by atoms with Gasteiger partial charge in [-0.25, -0.2) is 28.9 Å². The third-order valence-corrected chi connectivity index (χ3v) is 10.7. The number of nitrogens with one attached hydrogen (secondary N) is 1. The van der Waals surface area contributed by atoms with Gasteiger partial charge in [0.15, 0.2) is 23.8 Å². The molecule has 2 unspecified atom stereocenters. The normalized spacial score (nSPS) is 27.2. The predicted molar refractivity (Wildman–Crippen MR) is 192 cm³/mol. The molecule has 2 amide bonds. The number of phosphoric ester groups is 2. The van der Waals surface area contributed by atoms with Crippen LogP contribution in [-0.2, 0) is 51.3 Å². The highest BCUT2D eigenvalue weighted by Crippen LogP contribution is 2.50. The fourth-order valence-electron chi connectivity index (χ4n) is 6.48. The molecule has 0 radical (unpaired) electrons. The van der Waals surface area contributed by atoms with Crippen LogP contribution in [0.15, 0.2) is 42.4 Å². The van der Waals surface area contributed by atoms with Gasteiger partial charge in [0, 0.05) is 25.6 Å². The maximum atomic E-state index is 13.4. The number of nitrogen functional groups attached to an aromatic ring is 2. The minimum absolute atomic E-state index is 0.00288. The van der Waals surface area contributed by atoms with Gasteiger partial charge >= 0.3 is 27.3 Å². The summed E-state index contributed by atoms with van der Waals surface area (Å²) >= 11 is 0. The molecule has 3 aromatic heterocycles. The molecule has 3 aromatic rings. The van der Waals surface area contributed by atoms with Crippen LogP contribution in [-0.4, -0.2) is 134 Å². The summed E-state index contributed by atoms with van der Waals surface area (Å²) in [5, 5.41) is 14.1. The van der Waals surface area contributed by atoms with Crippen LogP contribution in [0, 0.1) is 0 Å². The van der Waals surface area contributed by atoms with Crippen LogP contribution >= 0.6 is 15.6 Å². The maximum absolute atomic E-state index is 13.4. The molecule has 0 aliphatic carbocycles. The van der Waals surface area contributed by atoms with Crippen molar-refractivity contribution in [3.8, 4) is 0 Å². The number of phosphoric acid groups is 2. The molecular weight excluding hydrogens is 818 g/mol. The van der Waals surface area contributed by atoms with E-state index in [-0.39, 0.29) is 54.5 Å². The molecule has 0 spiro atoms. The van der Waals surface area contributed by atoms with Gasteiger partial charge in [-0.05, 0) is 18.9 Å². The number of carbonyl (C=O) groups is 3. The van der Waals surface area contributed by atoms with Crippen LogP contribution in [0.1, 0.15) is 38.1 Å². The maximum Gasteiger partial charge on any atom is 0.472 e. The van der Waals surface area contributed by atoms with Gasteiger partial charge in [0.1, 0.15) is 60.9 Å². The number of allylic oxidation sites excluding steroid dienone is 1. The lowest BCUT2D eigenvalue weighted by Crippen LogP contribution is -2.44. The number of hydrogen-bond donors (Lipinski definition) is 7. The van der Waals surface area contributed by atoms with Gasteiger partial charge in [-0.1, -0.05) is 6.08 Å². The van der Waals surface area contributed by atoms with Gasteiger partial charge in [0.25, 0.3) is 0 Å². The third kappa shape index (κ3) is 10.1. The summed E-state index contributed by atoms with van der Waals surface area (Å²) in [6.07, 6.45) is -4.84. The Bertz CT molecular complexity index is 2180. The number of likely N-dealkylation sites (tertiary alicyclic amines) is 1. The average Bonchev–Trinajstić information content (AvgIpc) is 3.91. The predicted octanol–water partition coefficient (Wildman–Crippen LogP) is -2.00. The van der Waals surface area contributed by atoms with Gasteiger partial charge in [-0.3, -0.25) is 37.1 Å². The van der Waals surface area contributed by atoms with Crippen molar-refractivity contribution in [2.75, 3.05) is 37.8 Å². The van der Waals surface area contributed by atoms with Crippen LogP contribution in [0.5, 0.6) is 0 Å². The highest BCUT2D eigenvalue weighted by molar-refractivity contribution is 7.47. The van der Waals surface area contributed by atoms with Gasteiger partial charge in [0.05, 0.1) is 19.5 Å². The van der Waals surface area contributed by atoms with Crippen molar-refractivity contribution < 1.29 is 71.1 Å². The number of nitrogens with two attached hydrogens (primary N) is 2. The van der Waals surface area contributed by atoms with Gasteiger partial charge in [-0.2, -0.15) is 4.98 Å². The van der Waals surface area contributed by atoms with Crippen molar-refractivity contribution in [3.63, 3.8) is 0 Å². The number of carbonyl (C=O) groups excluding carboxylic acids is 3. The van der Waals surface area contributed by atoms with E-state index in [1.807, 2.05) is 0 Å². The number of hydrogen-bond acceptors (Lipinski definition) is 19. The molecule has 58 heavy (non-hydrogen) atoms. The molecule has 3 aliphatic heterocycles. The second-order valence-electron chi connectivity index (χ2n) is 13.2. The summed E-state index contributed by atoms with van der Waals surface area (Å²) < 4.78 is 59.5. The fourth-order valence-corrected chi connectivity index (χ4v) is 7.78. The summed E-state index contributed by atoms with van der Waals surface area (Å²) in [5.41, 5.74) is 10.8. The second-order valence-corrected chi connectivity index (χ2v) is 15.8. The quantitative estimate of drug-likeness (QED) is 0.0438. The van der Waals surface area contributed by atoms with E-state index in [2.05, 4.69) is 36.4 Å². The Labute approximate surface area is 326 Å². The molecule has 0 aromatic carbocycles. The van der Waals surface area contributed by atoms with Crippen LogP contribution < -0.4 is 22.5 Å². The molecule has 26 nitrogen and oxygen atoms in total. The Hall–Kier alpha value is -4.72. The Balaban J connectivity index is 1.16. The molecule has 316 valence electrons. The zero-order valence-corrected chi connectivity index (χ0v) is 32.0. The number of aliphatic hydroxyl groups excluding tert-OH is 1. The number of aromatic nitrogens is 6. The first-order valence-electron chi connectivity index (χ1n) is 17.4. The number of nitrogens with zero attached hydrogens (tertiary/aromatic N) is 7. The van der Waals surface area contributed by atoms with E-state index in [0.29, 0.717) is 6.42 Å². The number of esters is 1.